The van der Waals surface area contributed by atoms with Crippen LogP contribution >= 0.6 is 11.8 Å². The average Bonchev–Trinajstić information content (AvgIpc) is 2.37. The van der Waals surface area contributed by atoms with Crippen molar-refractivity contribution >= 4 is 27.7 Å². The van der Waals surface area contributed by atoms with Gasteiger partial charge in [0.25, 0.3) is 5.91 Å². The first kappa shape index (κ1) is 15.7. The minimum atomic E-state index is -3.72. The molecular weight excluding hydrogens is 284 g/mol. The lowest BCUT2D eigenvalue weighted by Gasteiger charge is -2.05. The summed E-state index contributed by atoms with van der Waals surface area (Å²) in [6.45, 7) is 4.15. The van der Waals surface area contributed by atoms with E-state index in [2.05, 4.69) is 11.9 Å². The third kappa shape index (κ3) is 5.46. The molecule has 5 nitrogen and oxygen atoms in total. The zero-order chi connectivity index (χ0) is 14.3. The van der Waals surface area contributed by atoms with Gasteiger partial charge in [-0.15, -0.1) is 6.58 Å². The fraction of sp³-hybridized carbons (Fsp3) is 0.250. The van der Waals surface area contributed by atoms with Crippen LogP contribution in [0.2, 0.25) is 0 Å². The van der Waals surface area contributed by atoms with E-state index in [0.29, 0.717) is 12.1 Å². The van der Waals surface area contributed by atoms with Gasteiger partial charge in [0, 0.05) is 23.6 Å². The Balaban J connectivity index is 2.52. The maximum atomic E-state index is 11.7. The van der Waals surface area contributed by atoms with Crippen molar-refractivity contribution in [2.45, 2.75) is 4.90 Å². The second-order valence-corrected chi connectivity index (χ2v) is 6.40. The van der Waals surface area contributed by atoms with Gasteiger partial charge in [-0.3, -0.25) is 4.79 Å². The van der Waals surface area contributed by atoms with Crippen LogP contribution in [0.3, 0.4) is 0 Å². The summed E-state index contributed by atoms with van der Waals surface area (Å²) < 4.78 is 22.1. The van der Waals surface area contributed by atoms with Crippen LogP contribution < -0.4 is 10.5 Å². The molecule has 0 aliphatic heterocycles. The van der Waals surface area contributed by atoms with Gasteiger partial charge in [-0.1, -0.05) is 6.08 Å². The molecule has 1 rings (SSSR count). The Morgan fingerprint density at radius 1 is 1.37 bits per heavy atom. The summed E-state index contributed by atoms with van der Waals surface area (Å²) in [5.41, 5.74) is 0.404. The van der Waals surface area contributed by atoms with Crippen molar-refractivity contribution in [3.63, 3.8) is 0 Å². The molecule has 1 amide bonds. The number of thioether (sulfide) groups is 1. The van der Waals surface area contributed by atoms with Crippen LogP contribution in [0.1, 0.15) is 10.4 Å². The summed E-state index contributed by atoms with van der Waals surface area (Å²) in [4.78, 5) is 11.7. The number of sulfonamides is 1. The molecule has 0 bridgehead atoms. The zero-order valence-electron chi connectivity index (χ0n) is 10.3. The Labute approximate surface area is 117 Å². The summed E-state index contributed by atoms with van der Waals surface area (Å²) in [5, 5.41) is 7.71. The number of amides is 1. The number of rotatable bonds is 7. The highest BCUT2D eigenvalue weighted by Crippen LogP contribution is 2.08. The van der Waals surface area contributed by atoms with E-state index in [-0.39, 0.29) is 10.8 Å². The molecule has 0 radical (unpaired) electrons. The van der Waals surface area contributed by atoms with Gasteiger partial charge >= 0.3 is 0 Å². The molecule has 1 aromatic rings. The molecule has 7 heteroatoms. The maximum absolute atomic E-state index is 11.7. The van der Waals surface area contributed by atoms with E-state index in [1.54, 1.807) is 17.8 Å². The van der Waals surface area contributed by atoms with Gasteiger partial charge in [0.05, 0.1) is 4.90 Å². The van der Waals surface area contributed by atoms with E-state index in [1.807, 2.05) is 0 Å². The third-order valence-electron chi connectivity index (χ3n) is 2.21. The first-order chi connectivity index (χ1) is 8.95. The van der Waals surface area contributed by atoms with Crippen molar-refractivity contribution in [1.29, 1.82) is 0 Å². The first-order valence-corrected chi connectivity index (χ1v) is 8.25. The summed E-state index contributed by atoms with van der Waals surface area (Å²) in [6, 6.07) is 5.51. The lowest BCUT2D eigenvalue weighted by molar-refractivity contribution is 0.0956. The fourth-order valence-corrected chi connectivity index (χ4v) is 2.40. The van der Waals surface area contributed by atoms with Gasteiger partial charge in [0.1, 0.15) is 0 Å². The van der Waals surface area contributed by atoms with Gasteiger partial charge in [0.15, 0.2) is 0 Å². The summed E-state index contributed by atoms with van der Waals surface area (Å²) in [5.74, 6) is 1.41. The lowest BCUT2D eigenvalue weighted by atomic mass is 10.2. The number of carbonyl (C=O) groups is 1. The van der Waals surface area contributed by atoms with Gasteiger partial charge in [-0.05, 0) is 24.3 Å². The standard InChI is InChI=1S/C12H16N2O3S2/c1-2-8-18-9-7-14-12(15)10-3-5-11(6-4-10)19(13,16)17/h2-6H,1,7-9H2,(H,14,15)(H2,13,16,17). The number of nitrogens with two attached hydrogens (primary N) is 1. The molecular formula is C12H16N2O3S2. The highest BCUT2D eigenvalue weighted by molar-refractivity contribution is 7.99. The SMILES string of the molecule is C=CCSCCNC(=O)c1ccc(S(N)(=O)=O)cc1. The number of primary sulfonamides is 1. The predicted molar refractivity (Wildman–Crippen MR) is 77.7 cm³/mol. The fourth-order valence-electron chi connectivity index (χ4n) is 1.30. The molecule has 0 saturated carbocycles. The maximum Gasteiger partial charge on any atom is 0.251 e. The van der Waals surface area contributed by atoms with Crippen LogP contribution in [0.25, 0.3) is 0 Å². The van der Waals surface area contributed by atoms with Gasteiger partial charge < -0.3 is 5.32 Å². The number of hydrogen-bond donors (Lipinski definition) is 2. The van der Waals surface area contributed by atoms with Crippen LogP contribution in [0.4, 0.5) is 0 Å². The quantitative estimate of drug-likeness (QED) is 0.580. The topological polar surface area (TPSA) is 89.3 Å². The average molecular weight is 300 g/mol. The number of nitrogens with one attached hydrogen (secondary N) is 1. The van der Waals surface area contributed by atoms with Crippen LogP contribution in [0.5, 0.6) is 0 Å². The largest absolute Gasteiger partial charge is 0.351 e. The second kappa shape index (κ2) is 7.32. The molecule has 0 saturated heterocycles. The molecule has 0 fully saturated rings. The second-order valence-electron chi connectivity index (χ2n) is 3.69. The normalized spacial score (nSPS) is 11.0. The lowest BCUT2D eigenvalue weighted by Crippen LogP contribution is -2.25. The van der Waals surface area contributed by atoms with E-state index in [1.165, 1.54) is 24.3 Å². The molecule has 0 atom stereocenters. The minimum Gasteiger partial charge on any atom is -0.351 e. The van der Waals surface area contributed by atoms with E-state index < -0.39 is 10.0 Å². The molecule has 1 aromatic carbocycles. The highest BCUT2D eigenvalue weighted by Gasteiger charge is 2.09. The minimum absolute atomic E-state index is 0.00871. The number of carbonyl (C=O) groups excluding carboxylic acids is 1. The molecule has 0 spiro atoms. The Morgan fingerprint density at radius 3 is 2.53 bits per heavy atom. The molecule has 0 heterocycles. The van der Waals surface area contributed by atoms with E-state index in [4.69, 9.17) is 5.14 Å². The van der Waals surface area contributed by atoms with E-state index in [9.17, 15) is 13.2 Å². The Morgan fingerprint density at radius 2 is 2.00 bits per heavy atom. The van der Waals surface area contributed by atoms with Crippen molar-refractivity contribution in [3.05, 3.63) is 42.5 Å². The molecule has 0 aromatic heterocycles. The molecule has 0 unspecified atom stereocenters. The van der Waals surface area contributed by atoms with Gasteiger partial charge in [0.2, 0.25) is 10.0 Å². The summed E-state index contributed by atoms with van der Waals surface area (Å²) in [7, 11) is -3.72. The Bertz CT molecular complexity index is 539. The van der Waals surface area contributed by atoms with E-state index >= 15 is 0 Å². The Kier molecular flexibility index (Phi) is 6.07. The smallest absolute Gasteiger partial charge is 0.251 e. The molecule has 19 heavy (non-hydrogen) atoms. The predicted octanol–water partition coefficient (Wildman–Crippen LogP) is 0.983. The van der Waals surface area contributed by atoms with Crippen molar-refractivity contribution in [3.8, 4) is 0 Å². The molecule has 0 aliphatic carbocycles. The van der Waals surface area contributed by atoms with Gasteiger partial charge in [-0.2, -0.15) is 11.8 Å². The number of benzene rings is 1. The molecule has 104 valence electrons. The van der Waals surface area contributed by atoms with Crippen molar-refractivity contribution in [2.24, 2.45) is 5.14 Å². The van der Waals surface area contributed by atoms with Gasteiger partial charge in [-0.25, -0.2) is 13.6 Å². The summed E-state index contributed by atoms with van der Waals surface area (Å²) >= 11 is 1.67. The highest BCUT2D eigenvalue weighted by atomic mass is 32.2. The van der Waals surface area contributed by atoms with Crippen LogP contribution in [0, 0.1) is 0 Å². The zero-order valence-corrected chi connectivity index (χ0v) is 12.0. The number of hydrogen-bond acceptors (Lipinski definition) is 4. The molecule has 3 N–H and O–H groups in total. The van der Waals surface area contributed by atoms with Crippen LogP contribution in [-0.2, 0) is 10.0 Å². The van der Waals surface area contributed by atoms with Crippen LogP contribution in [0.15, 0.2) is 41.8 Å². The first-order valence-electron chi connectivity index (χ1n) is 5.55. The molecule has 0 aliphatic rings. The third-order valence-corrected chi connectivity index (χ3v) is 4.11. The van der Waals surface area contributed by atoms with E-state index in [0.717, 1.165) is 11.5 Å². The monoisotopic (exact) mass is 300 g/mol. The summed E-state index contributed by atoms with van der Waals surface area (Å²) in [6.07, 6.45) is 1.80. The van der Waals surface area contributed by atoms with Crippen molar-refractivity contribution in [1.82, 2.24) is 5.32 Å². The van der Waals surface area contributed by atoms with Crippen molar-refractivity contribution in [2.75, 3.05) is 18.1 Å². The van der Waals surface area contributed by atoms with Crippen LogP contribution in [-0.4, -0.2) is 32.4 Å². The van der Waals surface area contributed by atoms with Crippen molar-refractivity contribution < 1.29 is 13.2 Å². The Hall–Kier alpha value is -1.31.